The number of hydrogen-bond donors (Lipinski definition) is 1. The van der Waals surface area contributed by atoms with Crippen LogP contribution in [0.2, 0.25) is 0 Å². The van der Waals surface area contributed by atoms with Gasteiger partial charge in [0.15, 0.2) is 0 Å². The van der Waals surface area contributed by atoms with Crippen LogP contribution in [0.5, 0.6) is 0 Å². The second-order valence-electron chi connectivity index (χ2n) is 8.78. The van der Waals surface area contributed by atoms with Crippen LogP contribution >= 0.6 is 11.8 Å². The molecule has 0 saturated carbocycles. The highest BCUT2D eigenvalue weighted by molar-refractivity contribution is 7.99. The van der Waals surface area contributed by atoms with Crippen molar-refractivity contribution in [2.45, 2.75) is 120 Å². The van der Waals surface area contributed by atoms with E-state index in [2.05, 4.69) is 6.92 Å². The van der Waals surface area contributed by atoms with Crippen LogP contribution in [-0.2, 0) is 23.7 Å². The molecule has 0 radical (unpaired) electrons. The molecule has 2 unspecified atom stereocenters. The van der Waals surface area contributed by atoms with Crippen molar-refractivity contribution >= 4 is 11.8 Å². The standard InChI is InChI=1S/C23H44O6S/c1-6-7-8-9-10-11-12-13-14-15-16-30-21-19(24)20-18(17-27-21)28-22(2,25-4)23(3,26-5)29-20/h18-21,24H,6-17H2,1-5H3/t18-,19-,20+,21+,22?,23?/m1/s1. The molecule has 30 heavy (non-hydrogen) atoms. The average Bonchev–Trinajstić information content (AvgIpc) is 2.75. The van der Waals surface area contributed by atoms with Gasteiger partial charge in [0, 0.05) is 14.2 Å². The molecule has 2 aliphatic rings. The smallest absolute Gasteiger partial charge is 0.220 e. The number of thioether (sulfide) groups is 1. The predicted molar refractivity (Wildman–Crippen MR) is 121 cm³/mol. The molecule has 6 nitrogen and oxygen atoms in total. The molecule has 0 aromatic carbocycles. The lowest BCUT2D eigenvalue weighted by Gasteiger charge is -2.54. The van der Waals surface area contributed by atoms with E-state index < -0.39 is 23.8 Å². The summed E-state index contributed by atoms with van der Waals surface area (Å²) in [6, 6.07) is 0. The molecule has 2 saturated heterocycles. The molecule has 0 amide bonds. The summed E-state index contributed by atoms with van der Waals surface area (Å²) in [6.45, 7) is 6.19. The quantitative estimate of drug-likeness (QED) is 0.380. The number of aliphatic hydroxyl groups excluding tert-OH is 1. The van der Waals surface area contributed by atoms with Crippen molar-refractivity contribution in [2.24, 2.45) is 0 Å². The van der Waals surface area contributed by atoms with Gasteiger partial charge >= 0.3 is 0 Å². The maximum Gasteiger partial charge on any atom is 0.220 e. The Morgan fingerprint density at radius 1 is 0.867 bits per heavy atom. The lowest BCUT2D eigenvalue weighted by Crippen LogP contribution is -2.70. The van der Waals surface area contributed by atoms with E-state index in [9.17, 15) is 5.11 Å². The Morgan fingerprint density at radius 2 is 1.40 bits per heavy atom. The normalized spacial score (nSPS) is 36.6. The molecule has 1 N–H and O–H groups in total. The summed E-state index contributed by atoms with van der Waals surface area (Å²) < 4.78 is 29.3. The van der Waals surface area contributed by atoms with Crippen molar-refractivity contribution in [1.82, 2.24) is 0 Å². The molecule has 0 bridgehead atoms. The third-order valence-corrected chi connectivity index (χ3v) is 7.80. The van der Waals surface area contributed by atoms with E-state index in [0.29, 0.717) is 6.61 Å². The summed E-state index contributed by atoms with van der Waals surface area (Å²) in [6.07, 6.45) is 11.6. The highest BCUT2D eigenvalue weighted by atomic mass is 32.2. The van der Waals surface area contributed by atoms with Gasteiger partial charge in [0.1, 0.15) is 23.7 Å². The molecule has 2 aliphatic heterocycles. The van der Waals surface area contributed by atoms with E-state index >= 15 is 0 Å². The van der Waals surface area contributed by atoms with Gasteiger partial charge in [-0.2, -0.15) is 0 Å². The van der Waals surface area contributed by atoms with Gasteiger partial charge in [-0.15, -0.1) is 11.8 Å². The number of rotatable bonds is 14. The molecule has 7 heteroatoms. The SMILES string of the molecule is CCCCCCCCCCCCS[C@@H]1OC[C@H]2OC(C)(OC)C(C)(OC)O[C@@H]2[C@H]1O. The first kappa shape index (κ1) is 26.4. The molecular weight excluding hydrogens is 404 g/mol. The third-order valence-electron chi connectivity index (χ3n) is 6.53. The Morgan fingerprint density at radius 3 is 1.97 bits per heavy atom. The van der Waals surface area contributed by atoms with E-state index in [-0.39, 0.29) is 11.5 Å². The van der Waals surface area contributed by atoms with Crippen molar-refractivity contribution in [3.8, 4) is 0 Å². The summed E-state index contributed by atoms with van der Waals surface area (Å²) in [4.78, 5) is 0. The molecule has 0 aromatic heterocycles. The summed E-state index contributed by atoms with van der Waals surface area (Å²) in [5.41, 5.74) is -0.304. The number of ether oxygens (including phenoxy) is 5. The zero-order valence-corrected chi connectivity index (χ0v) is 20.5. The van der Waals surface area contributed by atoms with Crippen LogP contribution in [-0.4, -0.2) is 67.0 Å². The molecule has 178 valence electrons. The number of methoxy groups -OCH3 is 2. The Labute approximate surface area is 187 Å². The fourth-order valence-electron chi connectivity index (χ4n) is 4.17. The maximum atomic E-state index is 10.8. The summed E-state index contributed by atoms with van der Waals surface area (Å²) in [5, 5.41) is 10.8. The summed E-state index contributed by atoms with van der Waals surface area (Å²) in [7, 11) is 3.12. The van der Waals surface area contributed by atoms with Gasteiger partial charge in [0.2, 0.25) is 11.6 Å². The first-order valence-electron chi connectivity index (χ1n) is 11.8. The molecule has 2 heterocycles. The van der Waals surface area contributed by atoms with Crippen LogP contribution in [0.25, 0.3) is 0 Å². The third kappa shape index (κ3) is 6.80. The van der Waals surface area contributed by atoms with Gasteiger partial charge in [-0.3, -0.25) is 0 Å². The Kier molecular flexibility index (Phi) is 11.4. The number of aliphatic hydroxyl groups is 1. The molecule has 0 spiro atoms. The lowest BCUT2D eigenvalue weighted by molar-refractivity contribution is -0.463. The van der Waals surface area contributed by atoms with Gasteiger partial charge in [-0.05, 0) is 26.0 Å². The maximum absolute atomic E-state index is 10.8. The Hall–Kier alpha value is 0.110. The fraction of sp³-hybridized carbons (Fsp3) is 1.00. The summed E-state index contributed by atoms with van der Waals surface area (Å²) in [5.74, 6) is -1.19. The minimum atomic E-state index is -1.10. The first-order valence-corrected chi connectivity index (χ1v) is 12.8. The highest BCUT2D eigenvalue weighted by Crippen LogP contribution is 2.43. The van der Waals surface area contributed by atoms with Gasteiger partial charge in [-0.25, -0.2) is 0 Å². The topological polar surface area (TPSA) is 66.4 Å². The Bertz CT molecular complexity index is 481. The fourth-order valence-corrected chi connectivity index (χ4v) is 5.30. The van der Waals surface area contributed by atoms with Crippen molar-refractivity contribution in [3.63, 3.8) is 0 Å². The molecule has 0 aliphatic carbocycles. The first-order chi connectivity index (χ1) is 14.4. The van der Waals surface area contributed by atoms with E-state index in [1.165, 1.54) is 57.8 Å². The van der Waals surface area contributed by atoms with Gasteiger partial charge in [-0.1, -0.05) is 64.7 Å². The van der Waals surface area contributed by atoms with Crippen LogP contribution in [0.1, 0.15) is 85.0 Å². The van der Waals surface area contributed by atoms with Gasteiger partial charge in [0.25, 0.3) is 0 Å². The van der Waals surface area contributed by atoms with Crippen LogP contribution in [0.4, 0.5) is 0 Å². The van der Waals surface area contributed by atoms with Crippen molar-refractivity contribution < 1.29 is 28.8 Å². The second-order valence-corrected chi connectivity index (χ2v) is 9.99. The van der Waals surface area contributed by atoms with E-state index in [1.807, 2.05) is 0 Å². The van der Waals surface area contributed by atoms with Crippen LogP contribution in [0.15, 0.2) is 0 Å². The second kappa shape index (κ2) is 13.0. The van der Waals surface area contributed by atoms with Crippen LogP contribution < -0.4 is 0 Å². The zero-order valence-electron chi connectivity index (χ0n) is 19.7. The van der Waals surface area contributed by atoms with Crippen molar-refractivity contribution in [3.05, 3.63) is 0 Å². The van der Waals surface area contributed by atoms with Crippen LogP contribution in [0.3, 0.4) is 0 Å². The average molecular weight is 449 g/mol. The lowest BCUT2D eigenvalue weighted by atomic mass is 9.99. The molecular formula is C23H44O6S. The monoisotopic (exact) mass is 448 g/mol. The predicted octanol–water partition coefficient (Wildman–Crippen LogP) is 4.87. The van der Waals surface area contributed by atoms with E-state index in [4.69, 9.17) is 23.7 Å². The summed E-state index contributed by atoms with van der Waals surface area (Å²) >= 11 is 1.67. The minimum absolute atomic E-state index is 0.304. The van der Waals surface area contributed by atoms with Gasteiger partial charge < -0.3 is 28.8 Å². The number of unbranched alkanes of at least 4 members (excludes halogenated alkanes) is 9. The minimum Gasteiger partial charge on any atom is -0.387 e. The highest BCUT2D eigenvalue weighted by Gasteiger charge is 2.60. The number of hydrogen-bond acceptors (Lipinski definition) is 7. The van der Waals surface area contributed by atoms with E-state index in [0.717, 1.165) is 12.2 Å². The molecule has 6 atom stereocenters. The van der Waals surface area contributed by atoms with Crippen LogP contribution in [0, 0.1) is 0 Å². The van der Waals surface area contributed by atoms with E-state index in [1.54, 1.807) is 39.8 Å². The molecule has 2 fully saturated rings. The molecule has 2 rings (SSSR count). The Balaban J connectivity index is 1.65. The van der Waals surface area contributed by atoms with Crippen molar-refractivity contribution in [2.75, 3.05) is 26.6 Å². The zero-order chi connectivity index (χ0) is 22.0. The molecule has 0 aromatic rings. The largest absolute Gasteiger partial charge is 0.387 e. The number of fused-ring (bicyclic) bond motifs is 1. The van der Waals surface area contributed by atoms with Gasteiger partial charge in [0.05, 0.1) is 6.61 Å². The van der Waals surface area contributed by atoms with Crippen molar-refractivity contribution in [1.29, 1.82) is 0 Å².